The van der Waals surface area contributed by atoms with Gasteiger partial charge in [-0.1, -0.05) is 30.3 Å². The maximum atomic E-state index is 12.8. The highest BCUT2D eigenvalue weighted by Crippen LogP contribution is 2.31. The molecule has 162 valence electrons. The van der Waals surface area contributed by atoms with E-state index in [1.54, 1.807) is 36.6 Å². The Labute approximate surface area is 186 Å². The standard InChI is InChI=1S/C24H27N3O3S/c1-16(2)30-20-10-9-18(13-21(20)29-3)23(28)26-24-25-19-11-12-27(15-22(19)31-24)14-17-7-5-4-6-8-17/h4-10,13,16H,11-12,14-15H2,1-3H3,(H,25,26,28). The molecule has 1 aliphatic rings. The zero-order valence-corrected chi connectivity index (χ0v) is 18.9. The molecule has 0 radical (unpaired) electrons. The predicted octanol–water partition coefficient (Wildman–Crippen LogP) is 4.75. The molecule has 2 aromatic carbocycles. The lowest BCUT2D eigenvalue weighted by Crippen LogP contribution is -2.29. The van der Waals surface area contributed by atoms with Crippen molar-refractivity contribution in [2.24, 2.45) is 0 Å². The lowest BCUT2D eigenvalue weighted by Gasteiger charge is -2.25. The summed E-state index contributed by atoms with van der Waals surface area (Å²) in [5.74, 6) is 0.954. The number of methoxy groups -OCH3 is 1. The number of ether oxygens (including phenoxy) is 2. The van der Waals surface area contributed by atoms with Gasteiger partial charge in [0.25, 0.3) is 5.91 Å². The van der Waals surface area contributed by atoms with Gasteiger partial charge in [-0.15, -0.1) is 11.3 Å². The molecule has 0 unspecified atom stereocenters. The fourth-order valence-electron chi connectivity index (χ4n) is 3.61. The summed E-state index contributed by atoms with van der Waals surface area (Å²) in [6.07, 6.45) is 0.917. The molecule has 0 spiro atoms. The molecule has 7 heteroatoms. The summed E-state index contributed by atoms with van der Waals surface area (Å²) in [4.78, 5) is 21.1. The Morgan fingerprint density at radius 3 is 2.74 bits per heavy atom. The predicted molar refractivity (Wildman–Crippen MR) is 123 cm³/mol. The SMILES string of the molecule is COc1cc(C(=O)Nc2nc3c(s2)CN(Cc2ccccc2)CC3)ccc1OC(C)C. The van der Waals surface area contributed by atoms with Crippen molar-refractivity contribution in [1.82, 2.24) is 9.88 Å². The first-order valence-corrected chi connectivity index (χ1v) is 11.2. The number of aromatic nitrogens is 1. The molecule has 0 bridgehead atoms. The number of amides is 1. The van der Waals surface area contributed by atoms with Gasteiger partial charge in [-0.3, -0.25) is 15.0 Å². The molecule has 1 N–H and O–H groups in total. The third-order valence-corrected chi connectivity index (χ3v) is 6.07. The number of nitrogens with zero attached hydrogens (tertiary/aromatic N) is 2. The summed E-state index contributed by atoms with van der Waals surface area (Å²) in [5.41, 5.74) is 2.90. The van der Waals surface area contributed by atoms with Crippen molar-refractivity contribution in [3.05, 3.63) is 70.2 Å². The van der Waals surface area contributed by atoms with Gasteiger partial charge in [-0.2, -0.15) is 0 Å². The van der Waals surface area contributed by atoms with Crippen molar-refractivity contribution < 1.29 is 14.3 Å². The molecule has 1 aliphatic heterocycles. The minimum Gasteiger partial charge on any atom is -0.493 e. The van der Waals surface area contributed by atoms with E-state index in [9.17, 15) is 4.79 Å². The van der Waals surface area contributed by atoms with Crippen LogP contribution in [-0.4, -0.2) is 35.5 Å². The maximum Gasteiger partial charge on any atom is 0.257 e. The molecule has 0 aliphatic carbocycles. The molecule has 31 heavy (non-hydrogen) atoms. The largest absolute Gasteiger partial charge is 0.493 e. The lowest BCUT2D eigenvalue weighted by molar-refractivity contribution is 0.102. The molecule has 0 saturated carbocycles. The summed E-state index contributed by atoms with van der Waals surface area (Å²) in [5, 5.41) is 3.58. The summed E-state index contributed by atoms with van der Waals surface area (Å²) in [7, 11) is 1.57. The Morgan fingerprint density at radius 2 is 2.00 bits per heavy atom. The monoisotopic (exact) mass is 437 g/mol. The zero-order chi connectivity index (χ0) is 21.8. The van der Waals surface area contributed by atoms with Gasteiger partial charge in [-0.05, 0) is 37.6 Å². The first kappa shape index (κ1) is 21.3. The van der Waals surface area contributed by atoms with Crippen LogP contribution in [0.4, 0.5) is 5.13 Å². The first-order chi connectivity index (χ1) is 15.0. The number of fused-ring (bicyclic) bond motifs is 1. The van der Waals surface area contributed by atoms with Crippen LogP contribution < -0.4 is 14.8 Å². The number of carbonyl (C=O) groups is 1. The average molecular weight is 438 g/mol. The molecule has 0 fully saturated rings. The molecule has 1 aromatic heterocycles. The van der Waals surface area contributed by atoms with Crippen molar-refractivity contribution in [3.63, 3.8) is 0 Å². The lowest BCUT2D eigenvalue weighted by atomic mass is 10.1. The molecular formula is C24H27N3O3S. The fraction of sp³-hybridized carbons (Fsp3) is 0.333. The number of carbonyl (C=O) groups excluding carboxylic acids is 1. The Morgan fingerprint density at radius 1 is 1.19 bits per heavy atom. The van der Waals surface area contributed by atoms with E-state index in [2.05, 4.69) is 39.5 Å². The molecule has 2 heterocycles. The Kier molecular flexibility index (Phi) is 6.53. The number of nitrogens with one attached hydrogen (secondary N) is 1. The topological polar surface area (TPSA) is 63.7 Å². The Bertz CT molecular complexity index is 1050. The van der Waals surface area contributed by atoms with Gasteiger partial charge in [0.2, 0.25) is 0 Å². The molecular weight excluding hydrogens is 410 g/mol. The van der Waals surface area contributed by atoms with Crippen molar-refractivity contribution >= 4 is 22.4 Å². The first-order valence-electron chi connectivity index (χ1n) is 10.4. The quantitative estimate of drug-likeness (QED) is 0.578. The van der Waals surface area contributed by atoms with Crippen molar-refractivity contribution in [2.75, 3.05) is 19.0 Å². The van der Waals surface area contributed by atoms with Crippen molar-refractivity contribution in [2.45, 2.75) is 39.5 Å². The highest BCUT2D eigenvalue weighted by atomic mass is 32.1. The number of hydrogen-bond acceptors (Lipinski definition) is 6. The molecule has 6 nitrogen and oxygen atoms in total. The summed E-state index contributed by atoms with van der Waals surface area (Å²) < 4.78 is 11.1. The van der Waals surface area contributed by atoms with Crippen LogP contribution in [0.1, 0.15) is 40.3 Å². The molecule has 4 rings (SSSR count). The number of hydrogen-bond donors (Lipinski definition) is 1. The van der Waals surface area contributed by atoms with E-state index in [4.69, 9.17) is 9.47 Å². The van der Waals surface area contributed by atoms with Crippen LogP contribution in [0.15, 0.2) is 48.5 Å². The number of thiazole rings is 1. The smallest absolute Gasteiger partial charge is 0.257 e. The number of benzene rings is 2. The van der Waals surface area contributed by atoms with Crippen LogP contribution in [0.3, 0.4) is 0 Å². The van der Waals surface area contributed by atoms with Gasteiger partial charge >= 0.3 is 0 Å². The summed E-state index contributed by atoms with van der Waals surface area (Å²) in [6, 6.07) is 15.7. The van der Waals surface area contributed by atoms with Crippen LogP contribution in [0.2, 0.25) is 0 Å². The summed E-state index contributed by atoms with van der Waals surface area (Å²) in [6.45, 7) is 6.64. The number of rotatable bonds is 7. The average Bonchev–Trinajstić information content (AvgIpc) is 3.15. The van der Waals surface area contributed by atoms with Gasteiger partial charge in [-0.25, -0.2) is 4.98 Å². The van der Waals surface area contributed by atoms with Gasteiger partial charge in [0.05, 0.1) is 18.9 Å². The minimum atomic E-state index is -0.207. The second-order valence-corrected chi connectivity index (χ2v) is 8.91. The second kappa shape index (κ2) is 9.49. The summed E-state index contributed by atoms with van der Waals surface area (Å²) >= 11 is 1.55. The fourth-order valence-corrected chi connectivity index (χ4v) is 4.65. The van der Waals surface area contributed by atoms with E-state index in [0.717, 1.165) is 31.7 Å². The van der Waals surface area contributed by atoms with E-state index in [1.807, 2.05) is 19.9 Å². The van der Waals surface area contributed by atoms with E-state index >= 15 is 0 Å². The second-order valence-electron chi connectivity index (χ2n) is 7.82. The third-order valence-electron chi connectivity index (χ3n) is 5.07. The van der Waals surface area contributed by atoms with E-state index in [0.29, 0.717) is 22.2 Å². The van der Waals surface area contributed by atoms with Gasteiger partial charge in [0.15, 0.2) is 16.6 Å². The molecule has 0 saturated heterocycles. The highest BCUT2D eigenvalue weighted by molar-refractivity contribution is 7.15. The molecule has 0 atom stereocenters. The van der Waals surface area contributed by atoms with Crippen LogP contribution in [0.5, 0.6) is 11.5 Å². The Hall–Kier alpha value is -2.90. The molecule has 3 aromatic rings. The van der Waals surface area contributed by atoms with Crippen LogP contribution in [-0.2, 0) is 19.5 Å². The molecule has 1 amide bonds. The Balaban J connectivity index is 1.42. The number of anilines is 1. The normalized spacial score (nSPS) is 13.7. The van der Waals surface area contributed by atoms with Crippen LogP contribution >= 0.6 is 11.3 Å². The third kappa shape index (κ3) is 5.24. The maximum absolute atomic E-state index is 12.8. The zero-order valence-electron chi connectivity index (χ0n) is 18.1. The van der Waals surface area contributed by atoms with Crippen LogP contribution in [0, 0.1) is 0 Å². The highest BCUT2D eigenvalue weighted by Gasteiger charge is 2.22. The van der Waals surface area contributed by atoms with Gasteiger partial charge in [0.1, 0.15) is 0 Å². The van der Waals surface area contributed by atoms with Crippen molar-refractivity contribution in [3.8, 4) is 11.5 Å². The van der Waals surface area contributed by atoms with Gasteiger partial charge in [0, 0.05) is 36.5 Å². The van der Waals surface area contributed by atoms with E-state index < -0.39 is 0 Å². The van der Waals surface area contributed by atoms with Crippen molar-refractivity contribution in [1.29, 1.82) is 0 Å². The van der Waals surface area contributed by atoms with Crippen LogP contribution in [0.25, 0.3) is 0 Å². The van der Waals surface area contributed by atoms with Gasteiger partial charge < -0.3 is 9.47 Å². The van der Waals surface area contributed by atoms with E-state index in [1.165, 1.54) is 10.4 Å². The van der Waals surface area contributed by atoms with E-state index in [-0.39, 0.29) is 12.0 Å². The minimum absolute atomic E-state index is 0.0247.